The first-order valence-corrected chi connectivity index (χ1v) is 6.10. The van der Waals surface area contributed by atoms with Crippen molar-refractivity contribution >= 4 is 11.6 Å². The van der Waals surface area contributed by atoms with Crippen LogP contribution in [-0.4, -0.2) is 6.04 Å². The summed E-state index contributed by atoms with van der Waals surface area (Å²) in [6, 6.07) is 5.19. The highest BCUT2D eigenvalue weighted by molar-refractivity contribution is 6.31. The van der Waals surface area contributed by atoms with Crippen molar-refractivity contribution in [2.75, 3.05) is 0 Å². The van der Waals surface area contributed by atoms with Gasteiger partial charge in [-0.2, -0.15) is 0 Å². The van der Waals surface area contributed by atoms with Gasteiger partial charge in [0.2, 0.25) is 0 Å². The molecule has 3 heteroatoms. The largest absolute Gasteiger partial charge is 0.305 e. The summed E-state index contributed by atoms with van der Waals surface area (Å²) in [5, 5.41) is 4.06. The number of hydrogen-bond acceptors (Lipinski definition) is 1. The van der Waals surface area contributed by atoms with E-state index < -0.39 is 0 Å². The van der Waals surface area contributed by atoms with Crippen LogP contribution in [0.1, 0.15) is 38.7 Å². The fourth-order valence-corrected chi connectivity index (χ4v) is 2.54. The zero-order valence-electron chi connectivity index (χ0n) is 9.69. The predicted octanol–water partition coefficient (Wildman–Crippen LogP) is 3.86. The molecule has 0 amide bonds. The summed E-state index contributed by atoms with van der Waals surface area (Å²) < 4.78 is 13.0. The van der Waals surface area contributed by atoms with Crippen molar-refractivity contribution in [2.45, 2.75) is 44.7 Å². The summed E-state index contributed by atoms with van der Waals surface area (Å²) in [5.41, 5.74) is 0.762. The van der Waals surface area contributed by atoms with E-state index in [-0.39, 0.29) is 11.4 Å². The second-order valence-electron chi connectivity index (χ2n) is 5.02. The number of hydrogen-bond donors (Lipinski definition) is 1. The fourth-order valence-electron chi connectivity index (χ4n) is 2.14. The van der Waals surface area contributed by atoms with Gasteiger partial charge in [-0.25, -0.2) is 4.39 Å². The molecule has 0 spiro atoms. The van der Waals surface area contributed by atoms with Crippen LogP contribution in [0.2, 0.25) is 5.02 Å². The van der Waals surface area contributed by atoms with Crippen molar-refractivity contribution in [2.24, 2.45) is 0 Å². The Labute approximate surface area is 101 Å². The average molecular weight is 242 g/mol. The maximum atomic E-state index is 13.0. The SMILES string of the molecule is CC(C)(NC1CCC1)c1ccc(F)cc1Cl. The van der Waals surface area contributed by atoms with E-state index in [0.717, 1.165) is 5.56 Å². The number of halogens is 2. The van der Waals surface area contributed by atoms with Crippen molar-refractivity contribution in [3.05, 3.63) is 34.6 Å². The molecule has 0 aliphatic heterocycles. The zero-order chi connectivity index (χ0) is 11.8. The minimum atomic E-state index is -0.284. The van der Waals surface area contributed by atoms with Crippen LogP contribution in [0, 0.1) is 5.82 Å². The van der Waals surface area contributed by atoms with Crippen molar-refractivity contribution in [3.63, 3.8) is 0 Å². The minimum absolute atomic E-state index is 0.199. The molecule has 0 unspecified atom stereocenters. The Morgan fingerprint density at radius 2 is 2.06 bits per heavy atom. The quantitative estimate of drug-likeness (QED) is 0.848. The molecule has 1 N–H and O–H groups in total. The minimum Gasteiger partial charge on any atom is -0.305 e. The van der Waals surface area contributed by atoms with Crippen molar-refractivity contribution in [3.8, 4) is 0 Å². The third-order valence-corrected chi connectivity index (χ3v) is 3.59. The molecule has 0 bridgehead atoms. The first-order valence-electron chi connectivity index (χ1n) is 5.72. The van der Waals surface area contributed by atoms with E-state index in [1.807, 2.05) is 0 Å². The van der Waals surface area contributed by atoms with Gasteiger partial charge < -0.3 is 5.32 Å². The van der Waals surface area contributed by atoms with Gasteiger partial charge in [-0.05, 0) is 44.4 Å². The second-order valence-corrected chi connectivity index (χ2v) is 5.43. The Morgan fingerprint density at radius 1 is 1.38 bits per heavy atom. The Kier molecular flexibility index (Phi) is 3.22. The molecule has 1 aromatic carbocycles. The maximum Gasteiger partial charge on any atom is 0.124 e. The molecule has 2 rings (SSSR count). The zero-order valence-corrected chi connectivity index (χ0v) is 10.4. The highest BCUT2D eigenvalue weighted by Crippen LogP contribution is 2.31. The van der Waals surface area contributed by atoms with Gasteiger partial charge in [0.05, 0.1) is 0 Å². The molecular weight excluding hydrogens is 225 g/mol. The molecule has 0 heterocycles. The van der Waals surface area contributed by atoms with Gasteiger partial charge in [0.15, 0.2) is 0 Å². The molecule has 0 radical (unpaired) electrons. The lowest BCUT2D eigenvalue weighted by molar-refractivity contribution is 0.254. The molecule has 1 aliphatic carbocycles. The van der Waals surface area contributed by atoms with E-state index in [0.29, 0.717) is 11.1 Å². The van der Waals surface area contributed by atoms with E-state index in [2.05, 4.69) is 19.2 Å². The summed E-state index contributed by atoms with van der Waals surface area (Å²) in [6.07, 6.45) is 3.75. The Bertz CT molecular complexity index is 386. The van der Waals surface area contributed by atoms with Crippen LogP contribution in [0.5, 0.6) is 0 Å². The molecule has 1 fully saturated rings. The van der Waals surface area contributed by atoms with Gasteiger partial charge in [-0.3, -0.25) is 0 Å². The van der Waals surface area contributed by atoms with Crippen molar-refractivity contribution < 1.29 is 4.39 Å². The maximum absolute atomic E-state index is 13.0. The first kappa shape index (κ1) is 11.9. The lowest BCUT2D eigenvalue weighted by Crippen LogP contribution is -2.47. The molecular formula is C13H17ClFN. The Morgan fingerprint density at radius 3 is 2.56 bits per heavy atom. The van der Waals surface area contributed by atoms with Crippen LogP contribution >= 0.6 is 11.6 Å². The van der Waals surface area contributed by atoms with Crippen LogP contribution < -0.4 is 5.32 Å². The smallest absolute Gasteiger partial charge is 0.124 e. The van der Waals surface area contributed by atoms with E-state index in [4.69, 9.17) is 11.6 Å². The Balaban J connectivity index is 2.19. The molecule has 1 nitrogen and oxygen atoms in total. The van der Waals surface area contributed by atoms with E-state index in [1.54, 1.807) is 6.07 Å². The van der Waals surface area contributed by atoms with Crippen LogP contribution in [0.3, 0.4) is 0 Å². The molecule has 0 saturated heterocycles. The molecule has 0 aromatic heterocycles. The molecule has 1 aliphatic rings. The normalized spacial score (nSPS) is 17.2. The highest BCUT2D eigenvalue weighted by Gasteiger charge is 2.29. The van der Waals surface area contributed by atoms with Gasteiger partial charge in [0.1, 0.15) is 5.82 Å². The van der Waals surface area contributed by atoms with Crippen LogP contribution in [0.25, 0.3) is 0 Å². The van der Waals surface area contributed by atoms with Crippen LogP contribution in [0.4, 0.5) is 4.39 Å². The van der Waals surface area contributed by atoms with Crippen molar-refractivity contribution in [1.29, 1.82) is 0 Å². The summed E-state index contributed by atoms with van der Waals surface area (Å²) in [7, 11) is 0. The lowest BCUT2D eigenvalue weighted by Gasteiger charge is -2.37. The number of nitrogens with one attached hydrogen (secondary N) is 1. The average Bonchev–Trinajstić information content (AvgIpc) is 2.11. The highest BCUT2D eigenvalue weighted by atomic mass is 35.5. The number of rotatable bonds is 3. The van der Waals surface area contributed by atoms with E-state index in [1.165, 1.54) is 31.4 Å². The third-order valence-electron chi connectivity index (χ3n) is 3.27. The topological polar surface area (TPSA) is 12.0 Å². The van der Waals surface area contributed by atoms with E-state index in [9.17, 15) is 4.39 Å². The Hall–Kier alpha value is -0.600. The molecule has 0 atom stereocenters. The molecule has 1 aromatic rings. The standard InChI is InChI=1S/C13H17ClFN/c1-13(2,16-10-4-3-5-10)11-7-6-9(15)8-12(11)14/h6-8,10,16H,3-5H2,1-2H3. The van der Waals surface area contributed by atoms with E-state index >= 15 is 0 Å². The lowest BCUT2D eigenvalue weighted by atomic mass is 9.87. The predicted molar refractivity (Wildman–Crippen MR) is 65.2 cm³/mol. The van der Waals surface area contributed by atoms with Crippen molar-refractivity contribution in [1.82, 2.24) is 5.32 Å². The summed E-state index contributed by atoms with van der Waals surface area (Å²) in [6.45, 7) is 4.18. The van der Waals surface area contributed by atoms with Gasteiger partial charge in [-0.1, -0.05) is 24.1 Å². The van der Waals surface area contributed by atoms with Gasteiger partial charge in [0.25, 0.3) is 0 Å². The first-order chi connectivity index (χ1) is 7.49. The summed E-state index contributed by atoms with van der Waals surface area (Å²) in [5.74, 6) is -0.284. The molecule has 88 valence electrons. The van der Waals surface area contributed by atoms with Gasteiger partial charge in [-0.15, -0.1) is 0 Å². The second kappa shape index (κ2) is 4.34. The summed E-state index contributed by atoms with van der Waals surface area (Å²) >= 11 is 6.08. The van der Waals surface area contributed by atoms with Crippen LogP contribution in [0.15, 0.2) is 18.2 Å². The summed E-state index contributed by atoms with van der Waals surface area (Å²) in [4.78, 5) is 0. The number of benzene rings is 1. The monoisotopic (exact) mass is 241 g/mol. The van der Waals surface area contributed by atoms with Gasteiger partial charge in [0, 0.05) is 16.6 Å². The van der Waals surface area contributed by atoms with Crippen LogP contribution in [-0.2, 0) is 5.54 Å². The molecule has 1 saturated carbocycles. The van der Waals surface area contributed by atoms with Gasteiger partial charge >= 0.3 is 0 Å². The third kappa shape index (κ3) is 2.38. The molecule has 16 heavy (non-hydrogen) atoms. The fraction of sp³-hybridized carbons (Fsp3) is 0.538.